The predicted molar refractivity (Wildman–Crippen MR) is 105 cm³/mol. The molecule has 0 aliphatic rings. The Morgan fingerprint density at radius 3 is 2.19 bits per heavy atom. The zero-order valence-corrected chi connectivity index (χ0v) is 15.5. The maximum absolute atomic E-state index is 13.8. The third-order valence-corrected chi connectivity index (χ3v) is 4.48. The minimum atomic E-state index is -0.424. The van der Waals surface area contributed by atoms with Gasteiger partial charge in [0.05, 0.1) is 13.5 Å². The van der Waals surface area contributed by atoms with Gasteiger partial charge in [0.1, 0.15) is 0 Å². The first kappa shape index (κ1) is 18.6. The van der Waals surface area contributed by atoms with Crippen molar-refractivity contribution >= 4 is 5.91 Å². The van der Waals surface area contributed by atoms with Crippen LogP contribution in [0.5, 0.6) is 5.75 Å². The maximum Gasteiger partial charge on any atom is 0.227 e. The smallest absolute Gasteiger partial charge is 0.227 e. The predicted octanol–water partition coefficient (Wildman–Crippen LogP) is 4.70. The minimum Gasteiger partial charge on any atom is -0.494 e. The van der Waals surface area contributed by atoms with E-state index in [1.165, 1.54) is 13.2 Å². The number of benzene rings is 3. The average Bonchev–Trinajstić information content (AvgIpc) is 2.69. The summed E-state index contributed by atoms with van der Waals surface area (Å²) in [5, 5.41) is 0. The molecule has 0 radical (unpaired) electrons. The quantitative estimate of drug-likeness (QED) is 0.635. The number of halogens is 1. The van der Waals surface area contributed by atoms with Gasteiger partial charge in [0.15, 0.2) is 11.6 Å². The molecule has 0 atom stereocenters. The number of carbonyl (C=O) groups excluding carboxylic acids is 1. The van der Waals surface area contributed by atoms with Gasteiger partial charge in [-0.2, -0.15) is 0 Å². The van der Waals surface area contributed by atoms with Crippen LogP contribution in [-0.4, -0.2) is 25.0 Å². The van der Waals surface area contributed by atoms with Crippen molar-refractivity contribution < 1.29 is 13.9 Å². The molecule has 1 amide bonds. The summed E-state index contributed by atoms with van der Waals surface area (Å²) in [5.74, 6) is -0.239. The second-order valence-electron chi connectivity index (χ2n) is 6.46. The number of rotatable bonds is 6. The lowest BCUT2D eigenvalue weighted by molar-refractivity contribution is -0.129. The minimum absolute atomic E-state index is 0.0151. The molecule has 0 saturated carbocycles. The molecule has 27 heavy (non-hydrogen) atoms. The van der Waals surface area contributed by atoms with Crippen LogP contribution in [0, 0.1) is 5.82 Å². The SMILES string of the molecule is COc1ccc(CN(C)C(=O)Cc2ccc(-c3ccccc3)cc2)cc1F. The van der Waals surface area contributed by atoms with Crippen molar-refractivity contribution in [3.8, 4) is 16.9 Å². The molecule has 0 aliphatic carbocycles. The third kappa shape index (κ3) is 4.73. The summed E-state index contributed by atoms with van der Waals surface area (Å²) in [4.78, 5) is 14.1. The molecule has 4 heteroatoms. The molecule has 0 fully saturated rings. The monoisotopic (exact) mass is 363 g/mol. The van der Waals surface area contributed by atoms with Crippen molar-refractivity contribution in [1.82, 2.24) is 4.90 Å². The summed E-state index contributed by atoms with van der Waals surface area (Å²) in [5.41, 5.74) is 3.94. The lowest BCUT2D eigenvalue weighted by Gasteiger charge is -2.18. The summed E-state index contributed by atoms with van der Waals surface area (Å²) in [6, 6.07) is 22.8. The Morgan fingerprint density at radius 2 is 1.56 bits per heavy atom. The van der Waals surface area contributed by atoms with Gasteiger partial charge in [0.2, 0.25) is 5.91 Å². The van der Waals surface area contributed by atoms with E-state index in [1.54, 1.807) is 24.1 Å². The molecule has 0 saturated heterocycles. The van der Waals surface area contributed by atoms with Crippen LogP contribution in [0.25, 0.3) is 11.1 Å². The van der Waals surface area contributed by atoms with Crippen molar-refractivity contribution in [1.29, 1.82) is 0 Å². The van der Waals surface area contributed by atoms with Crippen molar-refractivity contribution in [2.24, 2.45) is 0 Å². The fourth-order valence-electron chi connectivity index (χ4n) is 2.93. The average molecular weight is 363 g/mol. The van der Waals surface area contributed by atoms with Crippen molar-refractivity contribution in [2.75, 3.05) is 14.2 Å². The Kier molecular flexibility index (Phi) is 5.87. The molecular formula is C23H22FNO2. The lowest BCUT2D eigenvalue weighted by Crippen LogP contribution is -2.27. The molecule has 3 aromatic carbocycles. The lowest BCUT2D eigenvalue weighted by atomic mass is 10.0. The van der Waals surface area contributed by atoms with Gasteiger partial charge in [-0.1, -0.05) is 60.7 Å². The topological polar surface area (TPSA) is 29.5 Å². The summed E-state index contributed by atoms with van der Waals surface area (Å²) in [6.07, 6.45) is 0.310. The van der Waals surface area contributed by atoms with Gasteiger partial charge >= 0.3 is 0 Å². The summed E-state index contributed by atoms with van der Waals surface area (Å²) >= 11 is 0. The number of hydrogen-bond donors (Lipinski definition) is 0. The Morgan fingerprint density at radius 1 is 0.926 bits per heavy atom. The molecule has 0 aliphatic heterocycles. The van der Waals surface area contributed by atoms with E-state index in [2.05, 4.69) is 12.1 Å². The van der Waals surface area contributed by atoms with Crippen LogP contribution in [0.1, 0.15) is 11.1 Å². The van der Waals surface area contributed by atoms with E-state index in [9.17, 15) is 9.18 Å². The van der Waals surface area contributed by atoms with E-state index < -0.39 is 5.82 Å². The van der Waals surface area contributed by atoms with Crippen LogP contribution in [-0.2, 0) is 17.8 Å². The van der Waals surface area contributed by atoms with Crippen molar-refractivity contribution in [3.63, 3.8) is 0 Å². The van der Waals surface area contributed by atoms with Gasteiger partial charge in [0, 0.05) is 13.6 Å². The highest BCUT2D eigenvalue weighted by atomic mass is 19.1. The molecule has 3 rings (SSSR count). The molecule has 0 heterocycles. The van der Waals surface area contributed by atoms with E-state index >= 15 is 0 Å². The first-order chi connectivity index (χ1) is 13.1. The fraction of sp³-hybridized carbons (Fsp3) is 0.174. The van der Waals surface area contributed by atoms with Crippen LogP contribution >= 0.6 is 0 Å². The van der Waals surface area contributed by atoms with E-state index in [0.717, 1.165) is 22.3 Å². The highest BCUT2D eigenvalue weighted by molar-refractivity contribution is 5.78. The highest BCUT2D eigenvalue weighted by Crippen LogP contribution is 2.20. The standard InChI is InChI=1S/C23H22FNO2/c1-25(16-18-10-13-22(27-2)21(24)14-18)23(26)15-17-8-11-20(12-9-17)19-6-4-3-5-7-19/h3-14H,15-16H2,1-2H3. The first-order valence-corrected chi connectivity index (χ1v) is 8.77. The van der Waals surface area contributed by atoms with Crippen LogP contribution in [0.15, 0.2) is 72.8 Å². The summed E-state index contributed by atoms with van der Waals surface area (Å²) < 4.78 is 18.7. The molecule has 0 N–H and O–H groups in total. The molecule has 0 unspecified atom stereocenters. The number of amides is 1. The molecule has 0 aromatic heterocycles. The maximum atomic E-state index is 13.8. The van der Waals surface area contributed by atoms with Gasteiger partial charge in [-0.15, -0.1) is 0 Å². The van der Waals surface area contributed by atoms with Crippen LogP contribution in [0.4, 0.5) is 4.39 Å². The Balaban J connectivity index is 1.62. The van der Waals surface area contributed by atoms with E-state index in [4.69, 9.17) is 4.74 Å². The normalized spacial score (nSPS) is 10.5. The summed E-state index contributed by atoms with van der Waals surface area (Å²) in [6.45, 7) is 0.349. The third-order valence-electron chi connectivity index (χ3n) is 4.48. The zero-order valence-electron chi connectivity index (χ0n) is 15.5. The van der Waals surface area contributed by atoms with E-state index in [0.29, 0.717) is 13.0 Å². The van der Waals surface area contributed by atoms with E-state index in [-0.39, 0.29) is 11.7 Å². The molecule has 0 spiro atoms. The highest BCUT2D eigenvalue weighted by Gasteiger charge is 2.12. The van der Waals surface area contributed by atoms with Gasteiger partial charge in [-0.05, 0) is 34.4 Å². The van der Waals surface area contributed by atoms with Crippen LogP contribution < -0.4 is 4.74 Å². The van der Waals surface area contributed by atoms with Gasteiger partial charge in [-0.25, -0.2) is 4.39 Å². The number of hydrogen-bond acceptors (Lipinski definition) is 2. The molecule has 0 bridgehead atoms. The second-order valence-corrected chi connectivity index (χ2v) is 6.46. The fourth-order valence-corrected chi connectivity index (χ4v) is 2.93. The number of methoxy groups -OCH3 is 1. The molecular weight excluding hydrogens is 341 g/mol. The second kappa shape index (κ2) is 8.49. The number of carbonyl (C=O) groups is 1. The van der Waals surface area contributed by atoms with Crippen molar-refractivity contribution in [2.45, 2.75) is 13.0 Å². The van der Waals surface area contributed by atoms with Gasteiger partial charge in [-0.3, -0.25) is 4.79 Å². The Hall–Kier alpha value is -3.14. The van der Waals surface area contributed by atoms with Gasteiger partial charge in [0.25, 0.3) is 0 Å². The van der Waals surface area contributed by atoms with Crippen LogP contribution in [0.3, 0.4) is 0 Å². The first-order valence-electron chi connectivity index (χ1n) is 8.77. The Labute approximate surface area is 159 Å². The Bertz CT molecular complexity index is 907. The van der Waals surface area contributed by atoms with E-state index in [1.807, 2.05) is 42.5 Å². The summed E-state index contributed by atoms with van der Waals surface area (Å²) in [7, 11) is 3.15. The largest absolute Gasteiger partial charge is 0.494 e. The number of likely N-dealkylation sites (N-methyl/N-ethyl adjacent to an activating group) is 1. The number of ether oxygens (including phenoxy) is 1. The van der Waals surface area contributed by atoms with Crippen molar-refractivity contribution in [3.05, 3.63) is 89.7 Å². The molecule has 3 nitrogen and oxygen atoms in total. The zero-order chi connectivity index (χ0) is 19.2. The molecule has 3 aromatic rings. The van der Waals surface area contributed by atoms with Crippen LogP contribution in [0.2, 0.25) is 0 Å². The number of nitrogens with zero attached hydrogens (tertiary/aromatic N) is 1. The molecule has 138 valence electrons. The van der Waals surface area contributed by atoms with Gasteiger partial charge < -0.3 is 9.64 Å².